The third-order valence-corrected chi connectivity index (χ3v) is 8.45. The quantitative estimate of drug-likeness (QED) is 0.840. The van der Waals surface area contributed by atoms with Crippen LogP contribution in [0.25, 0.3) is 0 Å². The number of carbonyl (C=O) groups is 1. The van der Waals surface area contributed by atoms with Crippen LogP contribution in [0.5, 0.6) is 0 Å². The lowest BCUT2D eigenvalue weighted by atomic mass is 9.86. The van der Waals surface area contributed by atoms with Crippen molar-refractivity contribution in [2.24, 2.45) is 5.92 Å². The fraction of sp³-hybridized carbons (Fsp3) is 0.706. The van der Waals surface area contributed by atoms with Crippen molar-refractivity contribution in [1.82, 2.24) is 9.62 Å². The molecular weight excluding hydrogens is 360 g/mol. The van der Waals surface area contributed by atoms with E-state index in [-0.39, 0.29) is 18.4 Å². The minimum Gasteiger partial charge on any atom is -0.379 e. The van der Waals surface area contributed by atoms with Crippen LogP contribution in [0.1, 0.15) is 37.5 Å². The molecular formula is C17H26N2O4S2. The molecule has 8 heteroatoms. The van der Waals surface area contributed by atoms with Gasteiger partial charge in [0.25, 0.3) is 10.0 Å². The SMILES string of the molecule is C[C@H]1CCCC[C@@H]1NC(=O)Cc1ccc(S(=O)(=O)N2CCOCC2)s1. The van der Waals surface area contributed by atoms with Crippen LogP contribution in [0.3, 0.4) is 0 Å². The highest BCUT2D eigenvalue weighted by Crippen LogP contribution is 2.27. The first-order valence-electron chi connectivity index (χ1n) is 8.93. The van der Waals surface area contributed by atoms with Gasteiger partial charge in [0.05, 0.1) is 19.6 Å². The molecule has 2 fully saturated rings. The Hall–Kier alpha value is -0.960. The van der Waals surface area contributed by atoms with Crippen molar-refractivity contribution >= 4 is 27.3 Å². The fourth-order valence-electron chi connectivity index (χ4n) is 3.45. The molecule has 0 unspecified atom stereocenters. The van der Waals surface area contributed by atoms with Gasteiger partial charge in [0, 0.05) is 24.0 Å². The molecule has 0 aromatic carbocycles. The monoisotopic (exact) mass is 386 g/mol. The van der Waals surface area contributed by atoms with Crippen LogP contribution in [-0.2, 0) is 26.0 Å². The molecule has 6 nitrogen and oxygen atoms in total. The third kappa shape index (κ3) is 4.61. The van der Waals surface area contributed by atoms with Gasteiger partial charge in [-0.15, -0.1) is 11.3 Å². The smallest absolute Gasteiger partial charge is 0.252 e. The number of hydrogen-bond donors (Lipinski definition) is 1. The minimum absolute atomic E-state index is 0.0177. The van der Waals surface area contributed by atoms with Gasteiger partial charge in [0.2, 0.25) is 5.91 Å². The number of thiophene rings is 1. The first-order valence-corrected chi connectivity index (χ1v) is 11.2. The maximum absolute atomic E-state index is 12.6. The van der Waals surface area contributed by atoms with Crippen LogP contribution < -0.4 is 5.32 Å². The average Bonchev–Trinajstić information content (AvgIpc) is 3.07. The maximum atomic E-state index is 12.6. The number of ether oxygens (including phenoxy) is 1. The van der Waals surface area contributed by atoms with Crippen molar-refractivity contribution in [1.29, 1.82) is 0 Å². The lowest BCUT2D eigenvalue weighted by Gasteiger charge is -2.29. The van der Waals surface area contributed by atoms with E-state index < -0.39 is 10.0 Å². The lowest BCUT2D eigenvalue weighted by molar-refractivity contribution is -0.121. The summed E-state index contributed by atoms with van der Waals surface area (Å²) in [6.07, 6.45) is 4.84. The Bertz CT molecular complexity index is 695. The standard InChI is InChI=1S/C17H26N2O4S2/c1-13-4-2-3-5-15(13)18-16(20)12-14-6-7-17(24-14)25(21,22)19-8-10-23-11-9-19/h6-7,13,15H,2-5,8-12H2,1H3,(H,18,20)/t13-,15-/m0/s1. The van der Waals surface area contributed by atoms with E-state index in [1.165, 1.54) is 22.1 Å². The van der Waals surface area contributed by atoms with E-state index in [1.807, 2.05) is 0 Å². The Morgan fingerprint density at radius 2 is 2.00 bits per heavy atom. The number of hydrogen-bond acceptors (Lipinski definition) is 5. The molecule has 140 valence electrons. The van der Waals surface area contributed by atoms with Gasteiger partial charge in [-0.25, -0.2) is 8.42 Å². The highest BCUT2D eigenvalue weighted by molar-refractivity contribution is 7.91. The average molecular weight is 387 g/mol. The molecule has 2 atom stereocenters. The van der Waals surface area contributed by atoms with Crippen molar-refractivity contribution in [3.05, 3.63) is 17.0 Å². The zero-order valence-corrected chi connectivity index (χ0v) is 16.2. The molecule has 1 aliphatic heterocycles. The van der Waals surface area contributed by atoms with Crippen LogP contribution >= 0.6 is 11.3 Å². The van der Waals surface area contributed by atoms with Crippen molar-refractivity contribution in [2.75, 3.05) is 26.3 Å². The van der Waals surface area contributed by atoms with Gasteiger partial charge < -0.3 is 10.1 Å². The molecule has 2 aliphatic rings. The molecule has 2 heterocycles. The van der Waals surface area contributed by atoms with Crippen LogP contribution in [0.15, 0.2) is 16.3 Å². The highest BCUT2D eigenvalue weighted by atomic mass is 32.2. The first kappa shape index (κ1) is 18.8. The van der Waals surface area contributed by atoms with Gasteiger partial charge in [-0.3, -0.25) is 4.79 Å². The second-order valence-electron chi connectivity index (χ2n) is 6.85. The molecule has 3 rings (SSSR count). The molecule has 1 saturated heterocycles. The third-order valence-electron chi connectivity index (χ3n) is 4.99. The Kier molecular flexibility index (Phi) is 6.14. The topological polar surface area (TPSA) is 75.7 Å². The summed E-state index contributed by atoms with van der Waals surface area (Å²) in [5, 5.41) is 3.12. The van der Waals surface area contributed by atoms with E-state index in [0.29, 0.717) is 36.4 Å². The van der Waals surface area contributed by atoms with E-state index in [0.717, 1.165) is 24.1 Å². The van der Waals surface area contributed by atoms with Gasteiger partial charge in [0.15, 0.2) is 0 Å². The number of rotatable bonds is 5. The summed E-state index contributed by atoms with van der Waals surface area (Å²) in [5.74, 6) is 0.495. The molecule has 1 amide bonds. The van der Waals surface area contributed by atoms with Gasteiger partial charge in [-0.1, -0.05) is 19.8 Å². The molecule has 0 spiro atoms. The van der Waals surface area contributed by atoms with Gasteiger partial charge in [-0.2, -0.15) is 4.31 Å². The van der Waals surface area contributed by atoms with Gasteiger partial charge in [-0.05, 0) is 30.9 Å². The highest BCUT2D eigenvalue weighted by Gasteiger charge is 2.28. The van der Waals surface area contributed by atoms with Crippen LogP contribution in [0.2, 0.25) is 0 Å². The number of nitrogens with zero attached hydrogens (tertiary/aromatic N) is 1. The molecule has 25 heavy (non-hydrogen) atoms. The maximum Gasteiger partial charge on any atom is 0.252 e. The summed E-state index contributed by atoms with van der Waals surface area (Å²) in [5.41, 5.74) is 0. The number of carbonyl (C=O) groups excluding carboxylic acids is 1. The summed E-state index contributed by atoms with van der Waals surface area (Å²) in [4.78, 5) is 13.1. The molecule has 1 aliphatic carbocycles. The summed E-state index contributed by atoms with van der Waals surface area (Å²) in [7, 11) is -3.47. The van der Waals surface area contributed by atoms with Crippen molar-refractivity contribution in [3.8, 4) is 0 Å². The number of amides is 1. The minimum atomic E-state index is -3.47. The summed E-state index contributed by atoms with van der Waals surface area (Å²) in [6.45, 7) is 3.81. The zero-order valence-electron chi connectivity index (χ0n) is 14.6. The van der Waals surface area contributed by atoms with Crippen molar-refractivity contribution in [3.63, 3.8) is 0 Å². The van der Waals surface area contributed by atoms with E-state index in [9.17, 15) is 13.2 Å². The predicted molar refractivity (Wildman–Crippen MR) is 97.2 cm³/mol. The molecule has 1 aromatic rings. The van der Waals surface area contributed by atoms with E-state index in [1.54, 1.807) is 12.1 Å². The zero-order chi connectivity index (χ0) is 17.9. The normalized spacial score (nSPS) is 25.6. The van der Waals surface area contributed by atoms with Gasteiger partial charge >= 0.3 is 0 Å². The summed E-state index contributed by atoms with van der Waals surface area (Å²) < 4.78 is 32.2. The number of nitrogens with one attached hydrogen (secondary N) is 1. The lowest BCUT2D eigenvalue weighted by Crippen LogP contribution is -2.41. The van der Waals surface area contributed by atoms with E-state index >= 15 is 0 Å². The number of morpholine rings is 1. The van der Waals surface area contributed by atoms with Crippen LogP contribution in [0, 0.1) is 5.92 Å². The largest absolute Gasteiger partial charge is 0.379 e. The van der Waals surface area contributed by atoms with E-state index in [2.05, 4.69) is 12.2 Å². The van der Waals surface area contributed by atoms with Gasteiger partial charge in [0.1, 0.15) is 4.21 Å². The molecule has 1 aromatic heterocycles. The first-order chi connectivity index (χ1) is 12.0. The fourth-order valence-corrected chi connectivity index (χ4v) is 6.37. The molecule has 1 saturated carbocycles. The van der Waals surface area contributed by atoms with E-state index in [4.69, 9.17) is 4.74 Å². The predicted octanol–water partition coefficient (Wildman–Crippen LogP) is 2.01. The second-order valence-corrected chi connectivity index (χ2v) is 10.2. The Morgan fingerprint density at radius 1 is 1.28 bits per heavy atom. The van der Waals surface area contributed by atoms with Crippen LogP contribution in [0.4, 0.5) is 0 Å². The summed E-state index contributed by atoms with van der Waals surface area (Å²) in [6, 6.07) is 3.61. The Balaban J connectivity index is 1.60. The second kappa shape index (κ2) is 8.16. The van der Waals surface area contributed by atoms with Crippen LogP contribution in [-0.4, -0.2) is 51.0 Å². The Morgan fingerprint density at radius 3 is 2.72 bits per heavy atom. The molecule has 1 N–H and O–H groups in total. The number of sulfonamides is 1. The summed E-state index contributed by atoms with van der Waals surface area (Å²) >= 11 is 1.19. The molecule has 0 bridgehead atoms. The molecule has 0 radical (unpaired) electrons. The van der Waals surface area contributed by atoms with Crippen molar-refractivity contribution < 1.29 is 17.9 Å². The van der Waals surface area contributed by atoms with Crippen molar-refractivity contribution in [2.45, 2.75) is 49.3 Å². The Labute approximate surface area is 153 Å².